The molecule has 8 nitrogen and oxygen atoms in total. The van der Waals surface area contributed by atoms with E-state index in [9.17, 15) is 12.8 Å². The average molecular weight is 612 g/mol. The van der Waals surface area contributed by atoms with Crippen LogP contribution in [0.4, 0.5) is 15.9 Å². The Morgan fingerprint density at radius 1 is 1.07 bits per heavy atom. The van der Waals surface area contributed by atoms with Gasteiger partial charge in [-0.05, 0) is 68.2 Å². The molecule has 5 rings (SSSR count). The van der Waals surface area contributed by atoms with Crippen molar-refractivity contribution in [3.63, 3.8) is 0 Å². The number of thiazole rings is 1. The van der Waals surface area contributed by atoms with Crippen LogP contribution in [0.5, 0.6) is 5.75 Å². The van der Waals surface area contributed by atoms with Gasteiger partial charge in [-0.2, -0.15) is 0 Å². The van der Waals surface area contributed by atoms with Crippen LogP contribution in [0.15, 0.2) is 73.2 Å². The predicted octanol–water partition coefficient (Wildman–Crippen LogP) is 6.52. The molecule has 0 fully saturated rings. The number of halogens is 2. The molecule has 2 heterocycles. The molecule has 1 atom stereocenters. The van der Waals surface area contributed by atoms with E-state index in [-0.39, 0.29) is 24.2 Å². The summed E-state index contributed by atoms with van der Waals surface area (Å²) in [5.41, 5.74) is 3.01. The van der Waals surface area contributed by atoms with Crippen LogP contribution in [0.2, 0.25) is 5.02 Å². The van der Waals surface area contributed by atoms with E-state index in [1.165, 1.54) is 36.1 Å². The molecule has 0 saturated carbocycles. The van der Waals surface area contributed by atoms with E-state index in [0.717, 1.165) is 26.4 Å². The lowest BCUT2D eigenvalue weighted by molar-refractivity contribution is 0.306. The van der Waals surface area contributed by atoms with Crippen LogP contribution in [-0.2, 0) is 16.4 Å². The highest BCUT2D eigenvalue weighted by molar-refractivity contribution is 7.90. The molecule has 0 amide bonds. The number of nitrogens with zero attached hydrogens (tertiary/aromatic N) is 4. The first-order valence-corrected chi connectivity index (χ1v) is 15.8. The van der Waals surface area contributed by atoms with E-state index in [4.69, 9.17) is 16.3 Å². The molecule has 41 heavy (non-hydrogen) atoms. The van der Waals surface area contributed by atoms with Gasteiger partial charge in [0.25, 0.3) is 0 Å². The Labute approximate surface area is 246 Å². The molecular formula is C29H27ClFN5O3S2. The first-order chi connectivity index (χ1) is 19.6. The van der Waals surface area contributed by atoms with Crippen LogP contribution < -0.4 is 10.1 Å². The van der Waals surface area contributed by atoms with Gasteiger partial charge in [0.05, 0.1) is 22.3 Å². The van der Waals surface area contributed by atoms with Crippen molar-refractivity contribution in [3.05, 3.63) is 94.5 Å². The van der Waals surface area contributed by atoms with Crippen molar-refractivity contribution in [2.75, 3.05) is 31.4 Å². The lowest BCUT2D eigenvalue weighted by Crippen LogP contribution is -2.26. The van der Waals surface area contributed by atoms with E-state index >= 15 is 0 Å². The van der Waals surface area contributed by atoms with E-state index in [1.54, 1.807) is 30.5 Å². The largest absolute Gasteiger partial charge is 0.487 e. The molecule has 0 saturated heterocycles. The first-order valence-electron chi connectivity index (χ1n) is 12.5. The third-order valence-corrected chi connectivity index (χ3v) is 8.66. The summed E-state index contributed by atoms with van der Waals surface area (Å²) in [6.45, 7) is 0.186. The molecule has 12 heteroatoms. The van der Waals surface area contributed by atoms with Crippen molar-refractivity contribution in [2.24, 2.45) is 0 Å². The van der Waals surface area contributed by atoms with Crippen molar-refractivity contribution < 1.29 is 17.5 Å². The lowest BCUT2D eigenvalue weighted by Gasteiger charge is -2.21. The van der Waals surface area contributed by atoms with Crippen LogP contribution >= 0.6 is 22.9 Å². The van der Waals surface area contributed by atoms with E-state index in [0.29, 0.717) is 27.8 Å². The second-order valence-corrected chi connectivity index (χ2v) is 13.4. The Hall–Kier alpha value is -3.64. The van der Waals surface area contributed by atoms with Crippen molar-refractivity contribution in [1.82, 2.24) is 19.9 Å². The number of rotatable bonds is 10. The lowest BCUT2D eigenvalue weighted by atomic mass is 10.1. The van der Waals surface area contributed by atoms with Crippen molar-refractivity contribution in [2.45, 2.75) is 12.6 Å². The molecule has 1 N–H and O–H groups in total. The maximum Gasteiger partial charge on any atom is 0.149 e. The number of anilines is 2. The Bertz CT molecular complexity index is 1810. The second kappa shape index (κ2) is 12.1. The molecule has 2 aromatic heterocycles. The summed E-state index contributed by atoms with van der Waals surface area (Å²) in [6.07, 6.45) is 4.46. The maximum absolute atomic E-state index is 13.5. The van der Waals surface area contributed by atoms with Gasteiger partial charge in [0, 0.05) is 34.0 Å². The molecular weight excluding hydrogens is 585 g/mol. The third kappa shape index (κ3) is 7.17. The van der Waals surface area contributed by atoms with Crippen molar-refractivity contribution in [3.8, 4) is 16.3 Å². The topological polar surface area (TPSA) is 97.3 Å². The van der Waals surface area contributed by atoms with E-state index in [2.05, 4.69) is 20.3 Å². The van der Waals surface area contributed by atoms with Gasteiger partial charge in [-0.3, -0.25) is 0 Å². The fourth-order valence-electron chi connectivity index (χ4n) is 4.26. The minimum absolute atomic E-state index is 0.0124. The van der Waals surface area contributed by atoms with E-state index < -0.39 is 9.84 Å². The summed E-state index contributed by atoms with van der Waals surface area (Å²) in [4.78, 5) is 16.2. The zero-order valence-corrected chi connectivity index (χ0v) is 24.9. The van der Waals surface area contributed by atoms with Gasteiger partial charge in [-0.1, -0.05) is 23.7 Å². The molecule has 1 unspecified atom stereocenters. The third-order valence-electron chi connectivity index (χ3n) is 6.30. The number of hydrogen-bond donors (Lipinski definition) is 1. The summed E-state index contributed by atoms with van der Waals surface area (Å²) in [5, 5.41) is 5.25. The molecule has 5 aromatic rings. The number of ether oxygens (including phenoxy) is 1. The number of hydrogen-bond acceptors (Lipinski definition) is 9. The molecule has 0 bridgehead atoms. The van der Waals surface area contributed by atoms with Gasteiger partial charge < -0.3 is 15.0 Å². The normalized spacial score (nSPS) is 12.5. The van der Waals surface area contributed by atoms with Gasteiger partial charge in [-0.15, -0.1) is 11.3 Å². The second-order valence-electron chi connectivity index (χ2n) is 9.78. The fraction of sp³-hybridized carbons (Fsp3) is 0.207. The van der Waals surface area contributed by atoms with Gasteiger partial charge >= 0.3 is 0 Å². The highest BCUT2D eigenvalue weighted by Crippen LogP contribution is 2.35. The Kier molecular flexibility index (Phi) is 8.50. The Morgan fingerprint density at radius 3 is 2.63 bits per heavy atom. The first kappa shape index (κ1) is 28.9. The monoisotopic (exact) mass is 611 g/mol. The zero-order valence-electron chi connectivity index (χ0n) is 22.5. The molecule has 0 aliphatic carbocycles. The van der Waals surface area contributed by atoms with Crippen molar-refractivity contribution in [1.29, 1.82) is 0 Å². The highest BCUT2D eigenvalue weighted by Gasteiger charge is 2.22. The van der Waals surface area contributed by atoms with Gasteiger partial charge in [0.2, 0.25) is 0 Å². The Balaban J connectivity index is 1.37. The highest BCUT2D eigenvalue weighted by atomic mass is 35.5. The van der Waals surface area contributed by atoms with Gasteiger partial charge in [0.15, 0.2) is 0 Å². The average Bonchev–Trinajstić information content (AvgIpc) is 3.41. The smallest absolute Gasteiger partial charge is 0.149 e. The summed E-state index contributed by atoms with van der Waals surface area (Å²) >= 11 is 7.95. The fourth-order valence-corrected chi connectivity index (χ4v) is 6.76. The molecule has 0 aliphatic heterocycles. The standard InChI is InChI=1S/C29H27ClFN5O3S2/c1-36(2)25(16-41(3,37)38)27-14-32-29(40-27)19-7-9-24-22(12-19)28(34-17-33-24)35-21-8-10-26(23(30)13-21)39-15-18-5-4-6-20(31)11-18/h4-14,17,25H,15-16H2,1-3H3,(H,33,34,35). The molecule has 3 aromatic carbocycles. The van der Waals surface area contributed by atoms with E-state index in [1.807, 2.05) is 43.3 Å². The molecule has 0 spiro atoms. The Morgan fingerprint density at radius 2 is 1.90 bits per heavy atom. The quantitative estimate of drug-likeness (QED) is 0.191. The molecule has 0 aliphatic rings. The van der Waals surface area contributed by atoms with Crippen molar-refractivity contribution >= 4 is 55.2 Å². The van der Waals surface area contributed by atoms with Crippen LogP contribution in [0.3, 0.4) is 0 Å². The molecule has 212 valence electrons. The van der Waals surface area contributed by atoms with Crippen LogP contribution in [0.1, 0.15) is 16.5 Å². The number of sulfone groups is 1. The van der Waals surface area contributed by atoms with Crippen LogP contribution in [0, 0.1) is 5.82 Å². The zero-order chi connectivity index (χ0) is 29.1. The summed E-state index contributed by atoms with van der Waals surface area (Å²) in [6, 6.07) is 17.0. The predicted molar refractivity (Wildman–Crippen MR) is 162 cm³/mol. The SMILES string of the molecule is CN(C)C(CS(C)(=O)=O)c1cnc(-c2ccc3ncnc(Nc4ccc(OCc5cccc(F)c5)c(Cl)c4)c3c2)s1. The minimum Gasteiger partial charge on any atom is -0.487 e. The van der Waals surface area contributed by atoms with Gasteiger partial charge in [0.1, 0.15) is 45.2 Å². The number of aromatic nitrogens is 3. The van der Waals surface area contributed by atoms with Crippen LogP contribution in [-0.4, -0.2) is 54.4 Å². The number of benzene rings is 3. The number of fused-ring (bicyclic) bond motifs is 1. The number of nitrogens with one attached hydrogen (secondary N) is 1. The summed E-state index contributed by atoms with van der Waals surface area (Å²) < 4.78 is 43.2. The maximum atomic E-state index is 13.5. The molecule has 0 radical (unpaired) electrons. The minimum atomic E-state index is -3.18. The summed E-state index contributed by atoms with van der Waals surface area (Å²) in [7, 11) is 0.536. The summed E-state index contributed by atoms with van der Waals surface area (Å²) in [5.74, 6) is 0.750. The van der Waals surface area contributed by atoms with Gasteiger partial charge in [-0.25, -0.2) is 27.8 Å². The van der Waals surface area contributed by atoms with Crippen LogP contribution in [0.25, 0.3) is 21.5 Å².